The molecule has 3 rings (SSSR count). The van der Waals surface area contributed by atoms with E-state index in [4.69, 9.17) is 4.98 Å². The molecule has 1 fully saturated rings. The van der Waals surface area contributed by atoms with E-state index in [0.29, 0.717) is 0 Å². The van der Waals surface area contributed by atoms with Crippen molar-refractivity contribution in [2.45, 2.75) is 25.8 Å². The first kappa shape index (κ1) is 21.9. The molecule has 1 aliphatic rings. The fraction of sp³-hybridized carbons (Fsp3) is 0.529. The van der Waals surface area contributed by atoms with E-state index in [0.717, 1.165) is 42.3 Å². The number of anilines is 1. The quantitative estimate of drug-likeness (QED) is 0.317. The Morgan fingerprint density at radius 1 is 1.38 bits per heavy atom. The number of aromatic nitrogens is 1. The Balaban J connectivity index is 0.00000243. The molecule has 0 radical (unpaired) electrons. The van der Waals surface area contributed by atoms with E-state index >= 15 is 0 Å². The molecule has 0 unspecified atom stereocenters. The molecule has 26 heavy (non-hydrogen) atoms. The predicted molar refractivity (Wildman–Crippen MR) is 128 cm³/mol. The third-order valence-electron chi connectivity index (χ3n) is 4.18. The van der Waals surface area contributed by atoms with Crippen LogP contribution in [0.25, 0.3) is 0 Å². The first-order chi connectivity index (χ1) is 12.2. The van der Waals surface area contributed by atoms with E-state index in [2.05, 4.69) is 60.6 Å². The molecule has 9 heteroatoms. The van der Waals surface area contributed by atoms with Gasteiger partial charge in [-0.15, -0.1) is 46.7 Å². The van der Waals surface area contributed by atoms with E-state index in [1.807, 2.05) is 7.05 Å². The van der Waals surface area contributed by atoms with Crippen LogP contribution in [-0.2, 0) is 13.0 Å². The summed E-state index contributed by atoms with van der Waals surface area (Å²) in [5, 5.41) is 6.81. The molecule has 0 aliphatic carbocycles. The molecule has 0 atom stereocenters. The first-order valence-electron chi connectivity index (χ1n) is 8.51. The molecule has 2 aromatic rings. The summed E-state index contributed by atoms with van der Waals surface area (Å²) in [5.41, 5.74) is 1.17. The normalized spacial score (nSPS) is 14.4. The summed E-state index contributed by atoms with van der Waals surface area (Å²) in [5.74, 6) is 0.916. The van der Waals surface area contributed by atoms with Crippen LogP contribution in [0.15, 0.2) is 26.3 Å². The number of nitrogens with zero attached hydrogens (tertiary/aromatic N) is 4. The van der Waals surface area contributed by atoms with Crippen molar-refractivity contribution in [3.8, 4) is 0 Å². The highest BCUT2D eigenvalue weighted by molar-refractivity contribution is 14.0. The van der Waals surface area contributed by atoms with Crippen LogP contribution in [0.2, 0.25) is 0 Å². The van der Waals surface area contributed by atoms with Gasteiger partial charge in [-0.25, -0.2) is 4.98 Å². The minimum absolute atomic E-state index is 0. The molecule has 0 amide bonds. The Kier molecular flexibility index (Phi) is 9.11. The Hall–Kier alpha value is -0.390. The first-order valence-corrected chi connectivity index (χ1v) is 11.0. The summed E-state index contributed by atoms with van der Waals surface area (Å²) < 4.78 is 1.16. The molecular formula is C17H25BrIN5S2. The van der Waals surface area contributed by atoms with Crippen LogP contribution in [-0.4, -0.2) is 49.6 Å². The lowest BCUT2D eigenvalue weighted by molar-refractivity contribution is 0.482. The molecule has 2 aromatic heterocycles. The van der Waals surface area contributed by atoms with Crippen molar-refractivity contribution in [1.82, 2.24) is 15.2 Å². The zero-order valence-electron chi connectivity index (χ0n) is 15.1. The number of thiazole rings is 1. The lowest BCUT2D eigenvalue weighted by atomic mass is 10.3. The van der Waals surface area contributed by atoms with E-state index in [1.165, 1.54) is 28.5 Å². The highest BCUT2D eigenvalue weighted by Crippen LogP contribution is 2.24. The minimum Gasteiger partial charge on any atom is -0.356 e. The Morgan fingerprint density at radius 3 is 2.81 bits per heavy atom. The monoisotopic (exact) mass is 569 g/mol. The largest absolute Gasteiger partial charge is 0.356 e. The molecule has 1 saturated heterocycles. The van der Waals surface area contributed by atoms with Gasteiger partial charge in [0, 0.05) is 50.4 Å². The van der Waals surface area contributed by atoms with Gasteiger partial charge in [-0.2, -0.15) is 0 Å². The second-order valence-electron chi connectivity index (χ2n) is 6.10. The topological polar surface area (TPSA) is 43.8 Å². The number of hydrogen-bond acceptors (Lipinski definition) is 5. The van der Waals surface area contributed by atoms with Gasteiger partial charge >= 0.3 is 0 Å². The van der Waals surface area contributed by atoms with Gasteiger partial charge in [-0.3, -0.25) is 4.99 Å². The maximum atomic E-state index is 4.78. The maximum Gasteiger partial charge on any atom is 0.193 e. The van der Waals surface area contributed by atoms with Crippen molar-refractivity contribution in [2.24, 2.45) is 4.99 Å². The molecule has 3 heterocycles. The number of guanidine groups is 1. The Bertz CT molecular complexity index is 712. The van der Waals surface area contributed by atoms with Crippen molar-refractivity contribution in [2.75, 3.05) is 38.6 Å². The smallest absolute Gasteiger partial charge is 0.193 e. The van der Waals surface area contributed by atoms with Gasteiger partial charge in [-0.05, 0) is 40.9 Å². The number of nitrogens with one attached hydrogen (secondary N) is 1. The van der Waals surface area contributed by atoms with E-state index < -0.39 is 0 Å². The molecule has 1 aliphatic heterocycles. The van der Waals surface area contributed by atoms with E-state index in [9.17, 15) is 0 Å². The van der Waals surface area contributed by atoms with Gasteiger partial charge in [0.05, 0.1) is 16.0 Å². The second-order valence-corrected chi connectivity index (χ2v) is 9.49. The van der Waals surface area contributed by atoms with Gasteiger partial charge in [0.25, 0.3) is 0 Å². The maximum absolute atomic E-state index is 4.78. The highest BCUT2D eigenvalue weighted by Gasteiger charge is 2.15. The third-order valence-corrected chi connectivity index (χ3v) is 6.73. The average Bonchev–Trinajstić information content (AvgIpc) is 3.33. The molecular weight excluding hydrogens is 545 g/mol. The summed E-state index contributed by atoms with van der Waals surface area (Å²) in [6, 6.07) is 4.23. The lowest BCUT2D eigenvalue weighted by Crippen LogP contribution is -2.39. The van der Waals surface area contributed by atoms with Crippen molar-refractivity contribution in [3.05, 3.63) is 31.9 Å². The average molecular weight is 570 g/mol. The fourth-order valence-electron chi connectivity index (χ4n) is 2.90. The van der Waals surface area contributed by atoms with Crippen LogP contribution in [0.1, 0.15) is 23.4 Å². The van der Waals surface area contributed by atoms with Crippen LogP contribution in [0.3, 0.4) is 0 Å². The van der Waals surface area contributed by atoms with Gasteiger partial charge in [0.15, 0.2) is 11.1 Å². The molecule has 5 nitrogen and oxygen atoms in total. The number of thiophene rings is 1. The van der Waals surface area contributed by atoms with Crippen molar-refractivity contribution in [3.63, 3.8) is 0 Å². The Labute approximate surface area is 189 Å². The number of aliphatic imine (C=N–C) groups is 1. The van der Waals surface area contributed by atoms with Crippen molar-refractivity contribution < 1.29 is 0 Å². The molecule has 1 N–H and O–H groups in total. The van der Waals surface area contributed by atoms with Gasteiger partial charge in [-0.1, -0.05) is 0 Å². The summed E-state index contributed by atoms with van der Waals surface area (Å²) in [6.45, 7) is 4.00. The van der Waals surface area contributed by atoms with E-state index in [1.54, 1.807) is 22.7 Å². The highest BCUT2D eigenvalue weighted by atomic mass is 127. The van der Waals surface area contributed by atoms with Crippen molar-refractivity contribution in [1.29, 1.82) is 0 Å². The lowest BCUT2D eigenvalue weighted by Gasteiger charge is -2.21. The summed E-state index contributed by atoms with van der Waals surface area (Å²) in [4.78, 5) is 15.0. The van der Waals surface area contributed by atoms with Crippen LogP contribution >= 0.6 is 62.6 Å². The molecule has 0 bridgehead atoms. The predicted octanol–water partition coefficient (Wildman–Crippen LogP) is 4.44. The number of hydrogen-bond donors (Lipinski definition) is 1. The molecule has 0 aromatic carbocycles. The zero-order valence-corrected chi connectivity index (χ0v) is 20.6. The summed E-state index contributed by atoms with van der Waals surface area (Å²) in [6.07, 6.45) is 3.50. The summed E-state index contributed by atoms with van der Waals surface area (Å²) in [7, 11) is 3.90. The molecule has 0 saturated carbocycles. The standard InChI is InChI=1S/C17H24BrN5S2.HI/c1-19-16(22(2)11-14-5-6-15(18)25-14)20-8-7-13-12-24-17(21-13)23-9-3-4-10-23;/h5-6,12H,3-4,7-11H2,1-2H3,(H,19,20);1H. The minimum atomic E-state index is 0. The SMILES string of the molecule is CN=C(NCCc1csc(N2CCCC2)n1)N(C)Cc1ccc(Br)s1.I. The second kappa shape index (κ2) is 10.8. The van der Waals surface area contributed by atoms with Crippen molar-refractivity contribution >= 4 is 73.7 Å². The third kappa shape index (κ3) is 6.07. The molecule has 144 valence electrons. The van der Waals surface area contributed by atoms with Crippen LogP contribution in [0.5, 0.6) is 0 Å². The van der Waals surface area contributed by atoms with Gasteiger partial charge in [0.1, 0.15) is 0 Å². The summed E-state index contributed by atoms with van der Waals surface area (Å²) >= 11 is 7.04. The number of rotatable bonds is 6. The number of halogens is 2. The Morgan fingerprint density at radius 2 is 2.15 bits per heavy atom. The zero-order chi connectivity index (χ0) is 17.6. The van der Waals surface area contributed by atoms with E-state index in [-0.39, 0.29) is 24.0 Å². The van der Waals surface area contributed by atoms with Crippen LogP contribution in [0, 0.1) is 0 Å². The van der Waals surface area contributed by atoms with Gasteiger partial charge in [0.2, 0.25) is 0 Å². The van der Waals surface area contributed by atoms with Crippen LogP contribution in [0.4, 0.5) is 5.13 Å². The molecule has 0 spiro atoms. The van der Waals surface area contributed by atoms with Gasteiger partial charge < -0.3 is 15.1 Å². The van der Waals surface area contributed by atoms with Crippen LogP contribution < -0.4 is 10.2 Å². The fourth-order valence-corrected chi connectivity index (χ4v) is 5.35.